The van der Waals surface area contributed by atoms with Crippen LogP contribution in [0.5, 0.6) is 0 Å². The molecular weight excluding hydrogens is 328 g/mol. The average Bonchev–Trinajstić information content (AvgIpc) is 2.46. The third-order valence-electron chi connectivity index (χ3n) is 3.31. The lowest BCUT2D eigenvalue weighted by Crippen LogP contribution is -2.37. The lowest BCUT2D eigenvalue weighted by atomic mass is 10.0. The number of nitrogens with one attached hydrogen (secondary N) is 1. The number of aliphatic hydroxyl groups excluding tert-OH is 1. The average molecular weight is 351 g/mol. The molecule has 1 amide bonds. The summed E-state index contributed by atoms with van der Waals surface area (Å²) in [5.41, 5.74) is 0. The van der Waals surface area contributed by atoms with Crippen LogP contribution in [0.4, 0.5) is 26.3 Å². The third-order valence-corrected chi connectivity index (χ3v) is 3.31. The van der Waals surface area contributed by atoms with Gasteiger partial charge >= 0.3 is 12.1 Å². The Balaban J connectivity index is 3.39. The topological polar surface area (TPSA) is 49.3 Å². The zero-order chi connectivity index (χ0) is 17.9. The fraction of sp³-hybridized carbons (Fsp3) is 0.929. The number of rotatable bonds is 12. The molecular formula is C14H23F6NO2. The molecule has 0 aromatic heterocycles. The van der Waals surface area contributed by atoms with Crippen LogP contribution in [0.1, 0.15) is 51.4 Å². The number of aliphatic hydroxyl groups is 1. The van der Waals surface area contributed by atoms with Crippen molar-refractivity contribution < 1.29 is 36.2 Å². The SMILES string of the molecule is O=C(NCCCCCCCCCC(F)C(F)C(O)F)C(F)(F)F. The van der Waals surface area contributed by atoms with E-state index in [0.717, 1.165) is 19.3 Å². The van der Waals surface area contributed by atoms with Crippen LogP contribution < -0.4 is 5.32 Å². The number of carbonyl (C=O) groups excluding carboxylic acids is 1. The van der Waals surface area contributed by atoms with E-state index in [0.29, 0.717) is 25.7 Å². The fourth-order valence-corrected chi connectivity index (χ4v) is 1.98. The molecule has 3 atom stereocenters. The summed E-state index contributed by atoms with van der Waals surface area (Å²) in [5.74, 6) is -1.94. The molecule has 0 heterocycles. The van der Waals surface area contributed by atoms with E-state index in [1.54, 1.807) is 5.32 Å². The van der Waals surface area contributed by atoms with Gasteiger partial charge in [-0.1, -0.05) is 38.5 Å². The van der Waals surface area contributed by atoms with Gasteiger partial charge < -0.3 is 10.4 Å². The molecule has 0 aliphatic rings. The number of halogens is 6. The summed E-state index contributed by atoms with van der Waals surface area (Å²) in [4.78, 5) is 10.5. The summed E-state index contributed by atoms with van der Waals surface area (Å²) < 4.78 is 73.4. The van der Waals surface area contributed by atoms with Crippen molar-refractivity contribution in [1.29, 1.82) is 0 Å². The Hall–Kier alpha value is -0.990. The molecule has 138 valence electrons. The van der Waals surface area contributed by atoms with E-state index in [4.69, 9.17) is 5.11 Å². The van der Waals surface area contributed by atoms with Crippen LogP contribution >= 0.6 is 0 Å². The summed E-state index contributed by atoms with van der Waals surface area (Å²) in [5, 5.41) is 10.0. The van der Waals surface area contributed by atoms with Crippen LogP contribution in [0, 0.1) is 0 Å². The Labute approximate surface area is 131 Å². The number of hydrogen-bond donors (Lipinski definition) is 2. The minimum absolute atomic E-state index is 0.0364. The summed E-state index contributed by atoms with van der Waals surface area (Å²) in [6.07, 6.45) is -7.97. The molecule has 3 unspecified atom stereocenters. The van der Waals surface area contributed by atoms with Gasteiger partial charge in [0, 0.05) is 6.54 Å². The zero-order valence-electron chi connectivity index (χ0n) is 12.7. The quantitative estimate of drug-likeness (QED) is 0.416. The van der Waals surface area contributed by atoms with E-state index >= 15 is 0 Å². The molecule has 0 rings (SSSR count). The van der Waals surface area contributed by atoms with Crippen LogP contribution in [0.3, 0.4) is 0 Å². The van der Waals surface area contributed by atoms with Crippen LogP contribution in [0.15, 0.2) is 0 Å². The van der Waals surface area contributed by atoms with Gasteiger partial charge in [0.25, 0.3) is 0 Å². The monoisotopic (exact) mass is 351 g/mol. The first-order valence-corrected chi connectivity index (χ1v) is 7.61. The first-order valence-electron chi connectivity index (χ1n) is 7.61. The summed E-state index contributed by atoms with van der Waals surface area (Å²) >= 11 is 0. The molecule has 9 heteroatoms. The van der Waals surface area contributed by atoms with Crippen molar-refractivity contribution >= 4 is 5.91 Å². The highest BCUT2D eigenvalue weighted by atomic mass is 19.4. The van der Waals surface area contributed by atoms with Crippen molar-refractivity contribution in [2.45, 2.75) is 76.2 Å². The largest absolute Gasteiger partial charge is 0.471 e. The lowest BCUT2D eigenvalue weighted by Gasteiger charge is -2.13. The van der Waals surface area contributed by atoms with Crippen molar-refractivity contribution in [3.8, 4) is 0 Å². The number of unbranched alkanes of at least 4 members (excludes halogenated alkanes) is 6. The first kappa shape index (κ1) is 22.0. The van der Waals surface area contributed by atoms with Gasteiger partial charge in [-0.2, -0.15) is 13.2 Å². The molecule has 0 aromatic carbocycles. The standard InChI is InChI=1S/C14H23F6NO2/c15-10(11(16)12(17)22)8-6-4-2-1-3-5-7-9-21-13(23)14(18,19)20/h10-12,22H,1-9H2,(H,21,23). The fourth-order valence-electron chi connectivity index (χ4n) is 1.98. The normalized spacial score (nSPS) is 16.0. The molecule has 0 fully saturated rings. The molecule has 0 aromatic rings. The highest BCUT2D eigenvalue weighted by molar-refractivity contribution is 5.81. The third kappa shape index (κ3) is 11.2. The van der Waals surface area contributed by atoms with Gasteiger partial charge in [0.2, 0.25) is 6.36 Å². The van der Waals surface area contributed by atoms with Crippen molar-refractivity contribution in [3.63, 3.8) is 0 Å². The Morgan fingerprint density at radius 3 is 1.87 bits per heavy atom. The molecule has 0 saturated carbocycles. The molecule has 0 aliphatic heterocycles. The summed E-state index contributed by atoms with van der Waals surface area (Å²) in [6, 6.07) is 0. The van der Waals surface area contributed by atoms with E-state index in [-0.39, 0.29) is 13.0 Å². The van der Waals surface area contributed by atoms with Crippen LogP contribution in [-0.4, -0.2) is 42.4 Å². The zero-order valence-corrected chi connectivity index (χ0v) is 12.7. The van der Waals surface area contributed by atoms with Gasteiger partial charge in [-0.25, -0.2) is 13.2 Å². The van der Waals surface area contributed by atoms with Crippen molar-refractivity contribution in [3.05, 3.63) is 0 Å². The van der Waals surface area contributed by atoms with Crippen molar-refractivity contribution in [2.75, 3.05) is 6.54 Å². The molecule has 0 bridgehead atoms. The number of carbonyl (C=O) groups is 1. The molecule has 0 radical (unpaired) electrons. The van der Waals surface area contributed by atoms with Crippen LogP contribution in [-0.2, 0) is 4.79 Å². The molecule has 3 nitrogen and oxygen atoms in total. The number of alkyl halides is 6. The van der Waals surface area contributed by atoms with E-state index in [1.165, 1.54) is 0 Å². The Bertz CT molecular complexity index is 325. The van der Waals surface area contributed by atoms with Gasteiger partial charge in [0.05, 0.1) is 0 Å². The molecule has 0 aliphatic carbocycles. The Morgan fingerprint density at radius 1 is 0.913 bits per heavy atom. The number of hydrogen-bond acceptors (Lipinski definition) is 2. The Morgan fingerprint density at radius 2 is 1.39 bits per heavy atom. The maximum absolute atomic E-state index is 13.0. The first-order chi connectivity index (χ1) is 10.7. The number of amides is 1. The second kappa shape index (κ2) is 11.5. The summed E-state index contributed by atoms with van der Waals surface area (Å²) in [6.45, 7) is -0.0364. The van der Waals surface area contributed by atoms with E-state index in [2.05, 4.69) is 0 Å². The highest BCUT2D eigenvalue weighted by Crippen LogP contribution is 2.18. The predicted octanol–water partition coefficient (Wildman–Crippen LogP) is 3.75. The lowest BCUT2D eigenvalue weighted by molar-refractivity contribution is -0.173. The van der Waals surface area contributed by atoms with E-state index in [1.807, 2.05) is 0 Å². The maximum Gasteiger partial charge on any atom is 0.471 e. The van der Waals surface area contributed by atoms with Crippen molar-refractivity contribution in [1.82, 2.24) is 5.32 Å². The van der Waals surface area contributed by atoms with Crippen LogP contribution in [0.25, 0.3) is 0 Å². The van der Waals surface area contributed by atoms with Gasteiger partial charge in [0.1, 0.15) is 6.17 Å². The summed E-state index contributed by atoms with van der Waals surface area (Å²) in [7, 11) is 0. The van der Waals surface area contributed by atoms with Gasteiger partial charge in [-0.05, 0) is 12.8 Å². The molecule has 2 N–H and O–H groups in total. The minimum atomic E-state index is -4.86. The molecule has 0 spiro atoms. The minimum Gasteiger partial charge on any atom is -0.362 e. The Kier molecular flexibility index (Phi) is 11.0. The van der Waals surface area contributed by atoms with E-state index in [9.17, 15) is 31.1 Å². The smallest absolute Gasteiger partial charge is 0.362 e. The second-order valence-corrected chi connectivity index (χ2v) is 5.35. The molecule has 0 saturated heterocycles. The highest BCUT2D eigenvalue weighted by Gasteiger charge is 2.38. The van der Waals surface area contributed by atoms with E-state index < -0.39 is 30.8 Å². The van der Waals surface area contributed by atoms with Crippen molar-refractivity contribution in [2.24, 2.45) is 0 Å². The van der Waals surface area contributed by atoms with Gasteiger partial charge in [0.15, 0.2) is 6.17 Å². The van der Waals surface area contributed by atoms with Gasteiger partial charge in [-0.15, -0.1) is 0 Å². The second-order valence-electron chi connectivity index (χ2n) is 5.35. The predicted molar refractivity (Wildman–Crippen MR) is 72.9 cm³/mol. The maximum atomic E-state index is 13.0. The van der Waals surface area contributed by atoms with Gasteiger partial charge in [-0.3, -0.25) is 4.79 Å². The van der Waals surface area contributed by atoms with Crippen LogP contribution in [0.2, 0.25) is 0 Å². The molecule has 23 heavy (non-hydrogen) atoms.